The summed E-state index contributed by atoms with van der Waals surface area (Å²) in [5.74, 6) is -0.0670. The summed E-state index contributed by atoms with van der Waals surface area (Å²) >= 11 is 0. The predicted octanol–water partition coefficient (Wildman–Crippen LogP) is 3.16. The second-order valence-electron chi connectivity index (χ2n) is 7.93. The fourth-order valence-corrected chi connectivity index (χ4v) is 4.14. The Morgan fingerprint density at radius 3 is 2.66 bits per heavy atom. The first-order valence-electron chi connectivity index (χ1n) is 10.5. The minimum Gasteiger partial charge on any atom is -0.466 e. The number of hydrogen-bond acceptors (Lipinski definition) is 4. The van der Waals surface area contributed by atoms with E-state index < -0.39 is 5.41 Å². The number of rotatable bonds is 8. The van der Waals surface area contributed by atoms with Crippen molar-refractivity contribution in [2.75, 3.05) is 19.7 Å². The minimum absolute atomic E-state index is 0.0990. The third kappa shape index (κ3) is 5.46. The number of aryl methyl sites for hydroxylation is 3. The highest BCUT2D eigenvalue weighted by Crippen LogP contribution is 2.36. The van der Waals surface area contributed by atoms with Crippen molar-refractivity contribution < 1.29 is 14.3 Å². The number of esters is 1. The molecule has 0 aliphatic carbocycles. The molecule has 3 rings (SSSR count). The van der Waals surface area contributed by atoms with Crippen LogP contribution in [0.3, 0.4) is 0 Å². The van der Waals surface area contributed by atoms with Gasteiger partial charge < -0.3 is 9.64 Å². The standard InChI is InChI=1S/C23H31N3O3/c1-3-29-22(28)23(14-12-19-8-5-4-6-9-19)13-7-15-26(18-23)21(27)11-10-20-16-24-25(2)17-20/h4-6,8-9,16-17H,3,7,10-15,18H2,1-2H3/t23-/m0/s1. The molecule has 1 aliphatic heterocycles. The van der Waals surface area contributed by atoms with Gasteiger partial charge in [0.25, 0.3) is 0 Å². The molecule has 1 fully saturated rings. The molecular formula is C23H31N3O3. The van der Waals surface area contributed by atoms with Gasteiger partial charge in [-0.15, -0.1) is 0 Å². The SMILES string of the molecule is CCOC(=O)[C@]1(CCc2ccccc2)CCCN(C(=O)CCc2cnn(C)c2)C1. The quantitative estimate of drug-likeness (QED) is 0.642. The molecular weight excluding hydrogens is 366 g/mol. The fraction of sp³-hybridized carbons (Fsp3) is 0.522. The molecule has 0 unspecified atom stereocenters. The summed E-state index contributed by atoms with van der Waals surface area (Å²) in [4.78, 5) is 27.7. The molecule has 1 aromatic carbocycles. The fourth-order valence-electron chi connectivity index (χ4n) is 4.14. The number of aromatic nitrogens is 2. The molecule has 1 saturated heterocycles. The average Bonchev–Trinajstić information content (AvgIpc) is 3.17. The second-order valence-corrected chi connectivity index (χ2v) is 7.93. The predicted molar refractivity (Wildman–Crippen MR) is 111 cm³/mol. The molecule has 156 valence electrons. The van der Waals surface area contributed by atoms with Gasteiger partial charge >= 0.3 is 5.97 Å². The highest BCUT2D eigenvalue weighted by molar-refractivity contribution is 5.81. The summed E-state index contributed by atoms with van der Waals surface area (Å²) in [6.07, 6.45) is 7.93. The molecule has 29 heavy (non-hydrogen) atoms. The van der Waals surface area contributed by atoms with E-state index in [0.717, 1.165) is 24.8 Å². The number of nitrogens with zero attached hydrogens (tertiary/aromatic N) is 3. The summed E-state index contributed by atoms with van der Waals surface area (Å²) in [5, 5.41) is 4.16. The lowest BCUT2D eigenvalue weighted by Crippen LogP contribution is -2.50. The molecule has 1 amide bonds. The molecule has 6 nitrogen and oxygen atoms in total. The zero-order chi connectivity index (χ0) is 20.7. The number of benzene rings is 1. The summed E-state index contributed by atoms with van der Waals surface area (Å²) in [5.41, 5.74) is 1.64. The number of likely N-dealkylation sites (tertiary alicyclic amines) is 1. The number of carbonyl (C=O) groups is 2. The first-order chi connectivity index (χ1) is 14.0. The summed E-state index contributed by atoms with van der Waals surface area (Å²) in [6, 6.07) is 10.2. The summed E-state index contributed by atoms with van der Waals surface area (Å²) in [6.45, 7) is 3.35. The Bertz CT molecular complexity index is 818. The normalized spacial score (nSPS) is 19.2. The van der Waals surface area contributed by atoms with Gasteiger partial charge in [0, 0.05) is 32.8 Å². The van der Waals surface area contributed by atoms with Crippen LogP contribution in [-0.2, 0) is 34.2 Å². The average molecular weight is 398 g/mol. The van der Waals surface area contributed by atoms with Gasteiger partial charge in [-0.1, -0.05) is 30.3 Å². The van der Waals surface area contributed by atoms with Gasteiger partial charge in [-0.25, -0.2) is 0 Å². The molecule has 0 N–H and O–H groups in total. The van der Waals surface area contributed by atoms with Gasteiger partial charge in [0.15, 0.2) is 0 Å². The van der Waals surface area contributed by atoms with Crippen molar-refractivity contribution in [1.82, 2.24) is 14.7 Å². The zero-order valence-corrected chi connectivity index (χ0v) is 17.5. The Kier molecular flexibility index (Phi) is 7.07. The topological polar surface area (TPSA) is 64.4 Å². The molecule has 1 aromatic heterocycles. The maximum Gasteiger partial charge on any atom is 0.313 e. The maximum absolute atomic E-state index is 12.9. The molecule has 1 aliphatic rings. The Morgan fingerprint density at radius 2 is 1.97 bits per heavy atom. The number of amides is 1. The van der Waals surface area contributed by atoms with Crippen LogP contribution >= 0.6 is 0 Å². The lowest BCUT2D eigenvalue weighted by atomic mass is 9.75. The molecule has 2 aromatic rings. The monoisotopic (exact) mass is 397 g/mol. The molecule has 1 atom stereocenters. The highest BCUT2D eigenvalue weighted by Gasteiger charge is 2.44. The molecule has 0 bridgehead atoms. The Labute approximate surface area is 172 Å². The number of piperidine rings is 1. The lowest BCUT2D eigenvalue weighted by Gasteiger charge is -2.41. The minimum atomic E-state index is -0.617. The maximum atomic E-state index is 12.9. The zero-order valence-electron chi connectivity index (χ0n) is 17.5. The van der Waals surface area contributed by atoms with E-state index in [1.165, 1.54) is 5.56 Å². The third-order valence-electron chi connectivity index (χ3n) is 5.76. The van der Waals surface area contributed by atoms with E-state index in [2.05, 4.69) is 17.2 Å². The Morgan fingerprint density at radius 1 is 1.17 bits per heavy atom. The van der Waals surface area contributed by atoms with Crippen LogP contribution in [0.5, 0.6) is 0 Å². The van der Waals surface area contributed by atoms with E-state index in [-0.39, 0.29) is 11.9 Å². The number of hydrogen-bond donors (Lipinski definition) is 0. The number of ether oxygens (including phenoxy) is 1. The highest BCUT2D eigenvalue weighted by atomic mass is 16.5. The van der Waals surface area contributed by atoms with Crippen LogP contribution in [-0.4, -0.2) is 46.3 Å². The molecule has 6 heteroatoms. The Balaban J connectivity index is 1.66. The van der Waals surface area contributed by atoms with Gasteiger partial charge in [0.05, 0.1) is 18.2 Å². The second kappa shape index (κ2) is 9.72. The van der Waals surface area contributed by atoms with E-state index in [1.807, 2.05) is 43.3 Å². The van der Waals surface area contributed by atoms with Crippen LogP contribution in [0.1, 0.15) is 43.7 Å². The van der Waals surface area contributed by atoms with Gasteiger partial charge in [0.1, 0.15) is 0 Å². The van der Waals surface area contributed by atoms with Crippen LogP contribution in [0.25, 0.3) is 0 Å². The van der Waals surface area contributed by atoms with Gasteiger partial charge in [-0.05, 0) is 50.2 Å². The van der Waals surface area contributed by atoms with Crippen molar-refractivity contribution in [3.63, 3.8) is 0 Å². The van der Waals surface area contributed by atoms with E-state index in [9.17, 15) is 9.59 Å². The molecule has 0 radical (unpaired) electrons. The first kappa shape index (κ1) is 21.1. The van der Waals surface area contributed by atoms with Crippen LogP contribution in [0.4, 0.5) is 0 Å². The van der Waals surface area contributed by atoms with Gasteiger partial charge in [-0.3, -0.25) is 14.3 Å². The van der Waals surface area contributed by atoms with Crippen molar-refractivity contribution in [2.24, 2.45) is 12.5 Å². The van der Waals surface area contributed by atoms with E-state index in [0.29, 0.717) is 39.0 Å². The van der Waals surface area contributed by atoms with Crippen molar-refractivity contribution >= 4 is 11.9 Å². The number of carbonyl (C=O) groups excluding carboxylic acids is 2. The van der Waals surface area contributed by atoms with Crippen LogP contribution in [0, 0.1) is 5.41 Å². The summed E-state index contributed by atoms with van der Waals surface area (Å²) in [7, 11) is 1.87. The third-order valence-corrected chi connectivity index (χ3v) is 5.76. The molecule has 2 heterocycles. The van der Waals surface area contributed by atoms with Crippen LogP contribution in [0.15, 0.2) is 42.7 Å². The van der Waals surface area contributed by atoms with Crippen molar-refractivity contribution in [3.05, 3.63) is 53.9 Å². The van der Waals surface area contributed by atoms with E-state index >= 15 is 0 Å². The largest absolute Gasteiger partial charge is 0.466 e. The van der Waals surface area contributed by atoms with Crippen molar-refractivity contribution in [1.29, 1.82) is 0 Å². The van der Waals surface area contributed by atoms with Gasteiger partial charge in [-0.2, -0.15) is 5.10 Å². The first-order valence-corrected chi connectivity index (χ1v) is 10.5. The molecule has 0 saturated carbocycles. The van der Waals surface area contributed by atoms with Crippen LogP contribution < -0.4 is 0 Å². The smallest absolute Gasteiger partial charge is 0.313 e. The van der Waals surface area contributed by atoms with E-state index in [1.54, 1.807) is 10.9 Å². The van der Waals surface area contributed by atoms with Crippen molar-refractivity contribution in [3.8, 4) is 0 Å². The van der Waals surface area contributed by atoms with Gasteiger partial charge in [0.2, 0.25) is 5.91 Å². The van der Waals surface area contributed by atoms with Crippen LogP contribution in [0.2, 0.25) is 0 Å². The lowest BCUT2D eigenvalue weighted by molar-refractivity contribution is -0.161. The van der Waals surface area contributed by atoms with E-state index in [4.69, 9.17) is 4.74 Å². The summed E-state index contributed by atoms with van der Waals surface area (Å²) < 4.78 is 7.19. The van der Waals surface area contributed by atoms with Crippen molar-refractivity contribution in [2.45, 2.75) is 45.4 Å². The Hall–Kier alpha value is -2.63. The molecule has 0 spiro atoms.